The molecule has 29 heavy (non-hydrogen) atoms. The van der Waals surface area contributed by atoms with Gasteiger partial charge in [0, 0.05) is 22.9 Å². The Balaban J connectivity index is 1.94. The molecule has 1 aromatic heterocycles. The quantitative estimate of drug-likeness (QED) is 0.616. The van der Waals surface area contributed by atoms with Gasteiger partial charge in [-0.2, -0.15) is 0 Å². The molecule has 3 aromatic rings. The largest absolute Gasteiger partial charge is 0.451 e. The van der Waals surface area contributed by atoms with E-state index in [0.717, 1.165) is 5.39 Å². The smallest absolute Gasteiger partial charge is 0.291 e. The van der Waals surface area contributed by atoms with Crippen molar-refractivity contribution in [3.05, 3.63) is 64.9 Å². The summed E-state index contributed by atoms with van der Waals surface area (Å²) < 4.78 is 34.9. The number of anilines is 1. The molecule has 0 spiro atoms. The molecule has 7 heteroatoms. The predicted octanol–water partition coefficient (Wildman–Crippen LogP) is 4.46. The number of hydrogen-bond acceptors (Lipinski definition) is 5. The summed E-state index contributed by atoms with van der Waals surface area (Å²) in [5.74, 6) is -0.288. The standard InChI is InChI=1S/C22H25NO5S/c1-14(2)27-12-18-17-9-5-6-11-20(17)28-21(18)22(24)23-19-10-7-8-16(15(19)3)13-29(4,25)26/h5-11,14H,12-13H2,1-4H3,(H,23,24). The van der Waals surface area contributed by atoms with Crippen molar-refractivity contribution in [2.75, 3.05) is 11.6 Å². The summed E-state index contributed by atoms with van der Waals surface area (Å²) in [4.78, 5) is 13.0. The van der Waals surface area contributed by atoms with Gasteiger partial charge in [-0.1, -0.05) is 30.3 Å². The van der Waals surface area contributed by atoms with Crippen LogP contribution in [0.5, 0.6) is 0 Å². The molecule has 154 valence electrons. The molecule has 0 bridgehead atoms. The Bertz CT molecular complexity index is 1150. The van der Waals surface area contributed by atoms with Gasteiger partial charge in [-0.3, -0.25) is 4.79 Å². The van der Waals surface area contributed by atoms with Crippen molar-refractivity contribution >= 4 is 32.4 Å². The van der Waals surface area contributed by atoms with Gasteiger partial charge in [-0.05, 0) is 44.0 Å². The summed E-state index contributed by atoms with van der Waals surface area (Å²) in [5.41, 5.74) is 3.22. The minimum Gasteiger partial charge on any atom is -0.451 e. The molecule has 0 atom stereocenters. The Labute approximate surface area is 170 Å². The molecular weight excluding hydrogens is 390 g/mol. The van der Waals surface area contributed by atoms with Gasteiger partial charge in [0.1, 0.15) is 5.58 Å². The van der Waals surface area contributed by atoms with Crippen LogP contribution < -0.4 is 5.32 Å². The summed E-state index contributed by atoms with van der Waals surface area (Å²) in [5, 5.41) is 3.69. The first kappa shape index (κ1) is 21.1. The van der Waals surface area contributed by atoms with Crippen LogP contribution in [0.1, 0.15) is 41.1 Å². The molecule has 0 saturated carbocycles. The van der Waals surface area contributed by atoms with Crippen molar-refractivity contribution in [2.24, 2.45) is 0 Å². The maximum Gasteiger partial charge on any atom is 0.291 e. The monoisotopic (exact) mass is 415 g/mol. The Hall–Kier alpha value is -2.64. The molecular formula is C22H25NO5S. The number of para-hydroxylation sites is 1. The number of carbonyl (C=O) groups is 1. The van der Waals surface area contributed by atoms with Crippen molar-refractivity contribution in [1.29, 1.82) is 0 Å². The van der Waals surface area contributed by atoms with Crippen molar-refractivity contribution in [3.8, 4) is 0 Å². The number of ether oxygens (including phenoxy) is 1. The highest BCUT2D eigenvalue weighted by molar-refractivity contribution is 7.89. The van der Waals surface area contributed by atoms with Crippen molar-refractivity contribution < 1.29 is 22.4 Å². The van der Waals surface area contributed by atoms with Crippen LogP contribution in [0.3, 0.4) is 0 Å². The van der Waals surface area contributed by atoms with Crippen molar-refractivity contribution in [3.63, 3.8) is 0 Å². The van der Waals surface area contributed by atoms with E-state index in [-0.39, 0.29) is 24.2 Å². The summed E-state index contributed by atoms with van der Waals surface area (Å²) >= 11 is 0. The van der Waals surface area contributed by atoms with E-state index >= 15 is 0 Å². The molecule has 0 saturated heterocycles. The second-order valence-corrected chi connectivity index (χ2v) is 9.52. The minimum absolute atomic E-state index is 0.00879. The fraction of sp³-hybridized carbons (Fsp3) is 0.318. The van der Waals surface area contributed by atoms with E-state index in [1.165, 1.54) is 6.26 Å². The number of hydrogen-bond donors (Lipinski definition) is 1. The molecule has 2 aromatic carbocycles. The number of sulfone groups is 1. The minimum atomic E-state index is -3.18. The summed E-state index contributed by atoms with van der Waals surface area (Å²) in [6.45, 7) is 5.90. The van der Waals surface area contributed by atoms with E-state index in [0.29, 0.717) is 28.0 Å². The van der Waals surface area contributed by atoms with E-state index in [2.05, 4.69) is 5.32 Å². The van der Waals surface area contributed by atoms with Gasteiger partial charge in [-0.15, -0.1) is 0 Å². The Morgan fingerprint density at radius 2 is 1.86 bits per heavy atom. The molecule has 0 aliphatic heterocycles. The zero-order valence-electron chi connectivity index (χ0n) is 17.0. The first-order valence-corrected chi connectivity index (χ1v) is 11.4. The number of furan rings is 1. The van der Waals surface area contributed by atoms with Gasteiger partial charge in [0.15, 0.2) is 15.6 Å². The second-order valence-electron chi connectivity index (χ2n) is 7.38. The SMILES string of the molecule is Cc1c(CS(C)(=O)=O)cccc1NC(=O)c1oc2ccccc2c1COC(C)C. The van der Waals surface area contributed by atoms with E-state index in [1.807, 2.05) is 38.1 Å². The summed E-state index contributed by atoms with van der Waals surface area (Å²) in [6.07, 6.45) is 1.20. The topological polar surface area (TPSA) is 85.6 Å². The van der Waals surface area contributed by atoms with Crippen LogP contribution in [-0.4, -0.2) is 26.7 Å². The fourth-order valence-corrected chi connectivity index (χ4v) is 3.99. The zero-order chi connectivity index (χ0) is 21.2. The van der Waals surface area contributed by atoms with Gasteiger partial charge < -0.3 is 14.5 Å². The summed E-state index contributed by atoms with van der Waals surface area (Å²) in [7, 11) is -3.18. The first-order valence-electron chi connectivity index (χ1n) is 9.35. The number of rotatable bonds is 7. The second kappa shape index (κ2) is 8.39. The highest BCUT2D eigenvalue weighted by Gasteiger charge is 2.22. The zero-order valence-corrected chi connectivity index (χ0v) is 17.8. The van der Waals surface area contributed by atoms with Gasteiger partial charge in [-0.25, -0.2) is 8.42 Å². The number of amides is 1. The first-order chi connectivity index (χ1) is 13.7. The van der Waals surface area contributed by atoms with Gasteiger partial charge >= 0.3 is 0 Å². The molecule has 0 radical (unpaired) electrons. The van der Waals surface area contributed by atoms with Crippen LogP contribution >= 0.6 is 0 Å². The van der Waals surface area contributed by atoms with Gasteiger partial charge in [0.05, 0.1) is 18.5 Å². The number of benzene rings is 2. The molecule has 1 amide bonds. The maximum atomic E-state index is 13.0. The van der Waals surface area contributed by atoms with Crippen molar-refractivity contribution in [2.45, 2.75) is 39.2 Å². The lowest BCUT2D eigenvalue weighted by Gasteiger charge is -2.12. The van der Waals surface area contributed by atoms with Gasteiger partial charge in [0.2, 0.25) is 0 Å². The van der Waals surface area contributed by atoms with Crippen LogP contribution in [-0.2, 0) is 26.9 Å². The highest BCUT2D eigenvalue weighted by atomic mass is 32.2. The van der Waals surface area contributed by atoms with Crippen LogP contribution in [0.4, 0.5) is 5.69 Å². The molecule has 6 nitrogen and oxygen atoms in total. The van der Waals surface area contributed by atoms with Crippen LogP contribution in [0.15, 0.2) is 46.9 Å². The van der Waals surface area contributed by atoms with E-state index in [9.17, 15) is 13.2 Å². The molecule has 0 unspecified atom stereocenters. The van der Waals surface area contributed by atoms with Crippen LogP contribution in [0.25, 0.3) is 11.0 Å². The third-order valence-corrected chi connectivity index (χ3v) is 5.41. The molecule has 0 aliphatic rings. The Morgan fingerprint density at radius 3 is 2.55 bits per heavy atom. The Kier molecular flexibility index (Phi) is 6.10. The third-order valence-electron chi connectivity index (χ3n) is 4.58. The molecule has 3 rings (SSSR count). The normalized spacial score (nSPS) is 11.9. The lowest BCUT2D eigenvalue weighted by atomic mass is 10.1. The third kappa shape index (κ3) is 5.05. The number of carbonyl (C=O) groups excluding carboxylic acids is 1. The molecule has 0 fully saturated rings. The fourth-order valence-electron chi connectivity index (χ4n) is 3.11. The number of fused-ring (bicyclic) bond motifs is 1. The van der Waals surface area contributed by atoms with E-state index in [1.54, 1.807) is 25.1 Å². The molecule has 0 aliphatic carbocycles. The van der Waals surface area contributed by atoms with Crippen LogP contribution in [0.2, 0.25) is 0 Å². The van der Waals surface area contributed by atoms with E-state index in [4.69, 9.17) is 9.15 Å². The molecule has 1 N–H and O–H groups in total. The van der Waals surface area contributed by atoms with Gasteiger partial charge in [0.25, 0.3) is 5.91 Å². The highest BCUT2D eigenvalue weighted by Crippen LogP contribution is 2.28. The van der Waals surface area contributed by atoms with Crippen molar-refractivity contribution in [1.82, 2.24) is 0 Å². The Morgan fingerprint density at radius 1 is 1.14 bits per heavy atom. The lowest BCUT2D eigenvalue weighted by molar-refractivity contribution is 0.0648. The molecule has 1 heterocycles. The average Bonchev–Trinajstić information content (AvgIpc) is 3.01. The maximum absolute atomic E-state index is 13.0. The predicted molar refractivity (Wildman–Crippen MR) is 114 cm³/mol. The summed E-state index contributed by atoms with van der Waals surface area (Å²) in [6, 6.07) is 12.7. The average molecular weight is 416 g/mol. The van der Waals surface area contributed by atoms with Crippen LogP contribution in [0, 0.1) is 6.92 Å². The lowest BCUT2D eigenvalue weighted by Crippen LogP contribution is -2.15. The number of nitrogens with one attached hydrogen (secondary N) is 1. The van der Waals surface area contributed by atoms with E-state index < -0.39 is 15.7 Å².